The van der Waals surface area contributed by atoms with E-state index in [0.717, 1.165) is 0 Å². The highest BCUT2D eigenvalue weighted by Gasteiger charge is 2.67. The Balaban J connectivity index is 2.55. The number of aliphatic hydroxyl groups is 1. The van der Waals surface area contributed by atoms with Crippen LogP contribution in [0.3, 0.4) is 0 Å². The van der Waals surface area contributed by atoms with Crippen LogP contribution in [0.1, 0.15) is 13.3 Å². The maximum absolute atomic E-state index is 12.0. The van der Waals surface area contributed by atoms with Gasteiger partial charge in [0.25, 0.3) is 5.92 Å². The van der Waals surface area contributed by atoms with E-state index in [1.165, 1.54) is 6.92 Å². The molecule has 0 aliphatic heterocycles. The molecule has 0 spiro atoms. The van der Waals surface area contributed by atoms with Crippen LogP contribution in [0.5, 0.6) is 0 Å². The van der Waals surface area contributed by atoms with E-state index in [2.05, 4.69) is 0 Å². The number of halogens is 2. The van der Waals surface area contributed by atoms with Crippen LogP contribution in [0, 0.1) is 5.41 Å². The molecular formula is C5H8F2O. The molecule has 3 heteroatoms. The van der Waals surface area contributed by atoms with Gasteiger partial charge in [0.2, 0.25) is 0 Å². The first kappa shape index (κ1) is 5.95. The summed E-state index contributed by atoms with van der Waals surface area (Å²) in [6.45, 7) is 0.979. The highest BCUT2D eigenvalue weighted by molar-refractivity contribution is 5.06. The summed E-state index contributed by atoms with van der Waals surface area (Å²) in [6.07, 6.45) is -0.156. The molecule has 1 aliphatic rings. The number of hydrogen-bond acceptors (Lipinski definition) is 1. The van der Waals surface area contributed by atoms with E-state index in [-0.39, 0.29) is 6.42 Å². The van der Waals surface area contributed by atoms with Gasteiger partial charge in [-0.3, -0.25) is 0 Å². The summed E-state index contributed by atoms with van der Waals surface area (Å²) in [5.41, 5.74) is -1.09. The summed E-state index contributed by atoms with van der Waals surface area (Å²) in [7, 11) is 0. The first-order chi connectivity index (χ1) is 3.52. The monoisotopic (exact) mass is 122 g/mol. The molecule has 0 aromatic heterocycles. The van der Waals surface area contributed by atoms with E-state index in [1.54, 1.807) is 0 Å². The predicted molar refractivity (Wildman–Crippen MR) is 24.8 cm³/mol. The smallest absolute Gasteiger partial charge is 0.256 e. The van der Waals surface area contributed by atoms with Crippen LogP contribution >= 0.6 is 0 Å². The second-order valence-electron chi connectivity index (χ2n) is 2.60. The number of rotatable bonds is 1. The number of aliphatic hydroxyl groups excluding tert-OH is 1. The van der Waals surface area contributed by atoms with E-state index >= 15 is 0 Å². The van der Waals surface area contributed by atoms with Crippen molar-refractivity contribution in [2.75, 3.05) is 6.61 Å². The number of alkyl halides is 2. The fourth-order valence-corrected chi connectivity index (χ4v) is 0.617. The molecule has 0 heterocycles. The van der Waals surface area contributed by atoms with E-state index in [1.807, 2.05) is 0 Å². The largest absolute Gasteiger partial charge is 0.396 e. The summed E-state index contributed by atoms with van der Waals surface area (Å²) >= 11 is 0. The molecule has 0 saturated heterocycles. The van der Waals surface area contributed by atoms with E-state index < -0.39 is 17.9 Å². The summed E-state index contributed by atoms with van der Waals surface area (Å²) in [4.78, 5) is 0. The average molecular weight is 122 g/mol. The van der Waals surface area contributed by atoms with Gasteiger partial charge < -0.3 is 5.11 Å². The zero-order valence-corrected chi connectivity index (χ0v) is 4.62. The minimum Gasteiger partial charge on any atom is -0.396 e. The van der Waals surface area contributed by atoms with Crippen molar-refractivity contribution < 1.29 is 13.9 Å². The van der Waals surface area contributed by atoms with Crippen LogP contribution in [-0.2, 0) is 0 Å². The molecule has 1 aliphatic carbocycles. The first-order valence-electron chi connectivity index (χ1n) is 2.50. The maximum Gasteiger partial charge on any atom is 0.256 e. The van der Waals surface area contributed by atoms with Crippen molar-refractivity contribution in [3.05, 3.63) is 0 Å². The van der Waals surface area contributed by atoms with Gasteiger partial charge in [0, 0.05) is 6.42 Å². The third-order valence-corrected chi connectivity index (χ3v) is 1.72. The zero-order valence-electron chi connectivity index (χ0n) is 4.62. The fourth-order valence-electron chi connectivity index (χ4n) is 0.617. The average Bonchev–Trinajstić information content (AvgIpc) is 2.10. The molecule has 8 heavy (non-hydrogen) atoms. The summed E-state index contributed by atoms with van der Waals surface area (Å²) < 4.78 is 24.0. The van der Waals surface area contributed by atoms with Gasteiger partial charge in [-0.15, -0.1) is 0 Å². The maximum atomic E-state index is 12.0. The Hall–Kier alpha value is -0.180. The van der Waals surface area contributed by atoms with Crippen LogP contribution in [0.4, 0.5) is 8.78 Å². The molecule has 1 saturated carbocycles. The predicted octanol–water partition coefficient (Wildman–Crippen LogP) is 1.02. The lowest BCUT2D eigenvalue weighted by atomic mass is 10.2. The van der Waals surface area contributed by atoms with Crippen molar-refractivity contribution in [3.8, 4) is 0 Å². The molecule has 1 atom stereocenters. The minimum absolute atomic E-state index is 0.156. The van der Waals surface area contributed by atoms with E-state index in [9.17, 15) is 8.78 Å². The topological polar surface area (TPSA) is 20.2 Å². The van der Waals surface area contributed by atoms with Gasteiger partial charge in [0.15, 0.2) is 0 Å². The van der Waals surface area contributed by atoms with Crippen molar-refractivity contribution >= 4 is 0 Å². The lowest BCUT2D eigenvalue weighted by Gasteiger charge is -2.01. The molecule has 0 aromatic carbocycles. The molecule has 0 aromatic rings. The lowest BCUT2D eigenvalue weighted by molar-refractivity contribution is 0.0449. The van der Waals surface area contributed by atoms with Crippen molar-refractivity contribution in [2.24, 2.45) is 5.41 Å². The van der Waals surface area contributed by atoms with Crippen LogP contribution in [0.15, 0.2) is 0 Å². The molecular weight excluding hydrogens is 114 g/mol. The standard InChI is InChI=1S/C5H8F2O/c1-4(3-8)2-5(4,6)7/h8H,2-3H2,1H3/t4-/m0/s1. The Bertz CT molecular complexity index is 113. The third kappa shape index (κ3) is 0.540. The third-order valence-electron chi connectivity index (χ3n) is 1.72. The quantitative estimate of drug-likeness (QED) is 0.550. The summed E-state index contributed by atoms with van der Waals surface area (Å²) in [5.74, 6) is -2.60. The van der Waals surface area contributed by atoms with Crippen LogP contribution in [0.2, 0.25) is 0 Å². The molecule has 0 radical (unpaired) electrons. The van der Waals surface area contributed by atoms with Crippen molar-refractivity contribution in [3.63, 3.8) is 0 Å². The van der Waals surface area contributed by atoms with Gasteiger partial charge in [-0.25, -0.2) is 8.78 Å². The molecule has 1 nitrogen and oxygen atoms in total. The lowest BCUT2D eigenvalue weighted by Crippen LogP contribution is -2.10. The Kier molecular flexibility index (Phi) is 0.899. The summed E-state index contributed by atoms with van der Waals surface area (Å²) in [6, 6.07) is 0. The van der Waals surface area contributed by atoms with Crippen molar-refractivity contribution in [1.29, 1.82) is 0 Å². The molecule has 0 amide bonds. The molecule has 0 bridgehead atoms. The van der Waals surface area contributed by atoms with Gasteiger partial charge in [-0.05, 0) is 0 Å². The number of hydrogen-bond donors (Lipinski definition) is 1. The van der Waals surface area contributed by atoms with E-state index in [4.69, 9.17) is 5.11 Å². The Morgan fingerprint density at radius 2 is 2.00 bits per heavy atom. The Labute approximate surface area is 46.3 Å². The molecule has 1 rings (SSSR count). The minimum atomic E-state index is -2.60. The summed E-state index contributed by atoms with van der Waals surface area (Å²) in [5, 5.41) is 8.32. The molecule has 48 valence electrons. The highest BCUT2D eigenvalue weighted by atomic mass is 19.3. The van der Waals surface area contributed by atoms with Gasteiger partial charge in [-0.2, -0.15) is 0 Å². The van der Waals surface area contributed by atoms with Crippen LogP contribution in [0.25, 0.3) is 0 Å². The molecule has 1 N–H and O–H groups in total. The Morgan fingerprint density at radius 1 is 1.62 bits per heavy atom. The van der Waals surface area contributed by atoms with Crippen molar-refractivity contribution in [1.82, 2.24) is 0 Å². The first-order valence-corrected chi connectivity index (χ1v) is 2.50. The molecule has 0 unspecified atom stereocenters. The van der Waals surface area contributed by atoms with E-state index in [0.29, 0.717) is 0 Å². The van der Waals surface area contributed by atoms with Crippen LogP contribution < -0.4 is 0 Å². The van der Waals surface area contributed by atoms with Gasteiger partial charge in [0.05, 0.1) is 12.0 Å². The second kappa shape index (κ2) is 1.21. The second-order valence-corrected chi connectivity index (χ2v) is 2.60. The normalized spacial score (nSPS) is 42.0. The molecule has 1 fully saturated rings. The van der Waals surface area contributed by atoms with Gasteiger partial charge in [0.1, 0.15) is 0 Å². The van der Waals surface area contributed by atoms with Crippen molar-refractivity contribution in [2.45, 2.75) is 19.3 Å². The van der Waals surface area contributed by atoms with Gasteiger partial charge in [-0.1, -0.05) is 6.92 Å². The highest BCUT2D eigenvalue weighted by Crippen LogP contribution is 2.59. The SMILES string of the molecule is C[C@@]1(CO)CC1(F)F. The zero-order chi connectivity index (χ0) is 6.41. The Morgan fingerprint density at radius 3 is 2.00 bits per heavy atom. The van der Waals surface area contributed by atoms with Gasteiger partial charge >= 0.3 is 0 Å². The fraction of sp³-hybridized carbons (Fsp3) is 1.00. The van der Waals surface area contributed by atoms with Crippen LogP contribution in [-0.4, -0.2) is 17.6 Å².